The first-order chi connectivity index (χ1) is 18.9. The van der Waals surface area contributed by atoms with Crippen LogP contribution in [0.5, 0.6) is 5.75 Å². The summed E-state index contributed by atoms with van der Waals surface area (Å²) in [5, 5.41) is 3.85. The number of benzene rings is 1. The third-order valence-corrected chi connectivity index (χ3v) is 8.19. The van der Waals surface area contributed by atoms with Crippen LogP contribution in [-0.4, -0.2) is 73.1 Å². The number of hydrogen-bond acceptors (Lipinski definition) is 6. The fourth-order valence-electron chi connectivity index (χ4n) is 4.46. The standard InChI is InChI=1S/C23H23F6N5O6S/c1-11(23(27,28)29)30-20(36)21(37)34-6-5-22(9-34)10-40-17-15(41(38,39)32-22)8-33(2)16(17)19(35)31-12-3-4-14(24)13(7-12)18(25)26/h3-4,7-8,11,18,32H,5-6,9-10H2,1-2H3,(H,30,36)(H,31,35)/t11-,22+/m1/s1. The van der Waals surface area contributed by atoms with Gasteiger partial charge in [-0.05, 0) is 31.5 Å². The first-order valence-corrected chi connectivity index (χ1v) is 13.3. The second-order valence-electron chi connectivity index (χ2n) is 9.66. The van der Waals surface area contributed by atoms with Gasteiger partial charge in [-0.1, -0.05) is 0 Å². The van der Waals surface area contributed by atoms with Gasteiger partial charge in [-0.3, -0.25) is 14.4 Å². The lowest BCUT2D eigenvalue weighted by Crippen LogP contribution is -2.55. The predicted octanol–water partition coefficient (Wildman–Crippen LogP) is 2.06. The summed E-state index contributed by atoms with van der Waals surface area (Å²) >= 11 is 0. The minimum atomic E-state index is -4.79. The van der Waals surface area contributed by atoms with Crippen molar-refractivity contribution in [1.82, 2.24) is 19.5 Å². The molecule has 3 N–H and O–H groups in total. The lowest BCUT2D eigenvalue weighted by atomic mass is 10.0. The summed E-state index contributed by atoms with van der Waals surface area (Å²) in [6, 6.07) is 0.189. The summed E-state index contributed by atoms with van der Waals surface area (Å²) < 4.78 is 114. The largest absolute Gasteiger partial charge is 0.488 e. The zero-order valence-electron chi connectivity index (χ0n) is 21.3. The van der Waals surface area contributed by atoms with Crippen LogP contribution < -0.4 is 20.1 Å². The Morgan fingerprint density at radius 3 is 2.51 bits per heavy atom. The summed E-state index contributed by atoms with van der Waals surface area (Å²) in [4.78, 5) is 38.1. The van der Waals surface area contributed by atoms with E-state index in [1.807, 2.05) is 0 Å². The number of alkyl halides is 5. The Morgan fingerprint density at radius 1 is 1.20 bits per heavy atom. The SMILES string of the molecule is C[C@@H](NC(=O)C(=O)N1CC[C@@]2(COc3c(cn(C)c3C(=O)Nc3ccc(F)c(C(F)F)c3)S(=O)(=O)N2)C1)C(F)(F)F. The third-order valence-electron chi connectivity index (χ3n) is 6.61. The van der Waals surface area contributed by atoms with Gasteiger partial charge in [0.25, 0.3) is 12.3 Å². The number of halogens is 6. The number of nitrogens with one attached hydrogen (secondary N) is 3. The van der Waals surface area contributed by atoms with Gasteiger partial charge in [0.15, 0.2) is 11.4 Å². The Morgan fingerprint density at radius 2 is 1.88 bits per heavy atom. The van der Waals surface area contributed by atoms with Crippen LogP contribution in [0.2, 0.25) is 0 Å². The Labute approximate surface area is 228 Å². The fraction of sp³-hybridized carbons (Fsp3) is 0.435. The fourth-order valence-corrected chi connectivity index (χ4v) is 6.06. The normalized spacial score (nSPS) is 20.8. The van der Waals surface area contributed by atoms with E-state index in [0.29, 0.717) is 6.92 Å². The van der Waals surface area contributed by atoms with Crippen LogP contribution in [0.15, 0.2) is 29.3 Å². The lowest BCUT2D eigenvalue weighted by Gasteiger charge is -2.27. The van der Waals surface area contributed by atoms with Crippen molar-refractivity contribution in [2.45, 2.75) is 42.4 Å². The molecule has 0 bridgehead atoms. The van der Waals surface area contributed by atoms with E-state index < -0.39 is 87.1 Å². The van der Waals surface area contributed by atoms with Crippen LogP contribution in [0.1, 0.15) is 35.8 Å². The van der Waals surface area contributed by atoms with Gasteiger partial charge in [-0.2, -0.15) is 17.9 Å². The molecule has 3 amide bonds. The zero-order chi connectivity index (χ0) is 30.5. The zero-order valence-corrected chi connectivity index (χ0v) is 22.1. The van der Waals surface area contributed by atoms with Crippen LogP contribution in [0.25, 0.3) is 0 Å². The van der Waals surface area contributed by atoms with Gasteiger partial charge >= 0.3 is 18.0 Å². The quantitative estimate of drug-likeness (QED) is 0.358. The van der Waals surface area contributed by atoms with E-state index in [0.717, 1.165) is 33.9 Å². The molecule has 0 aliphatic carbocycles. The van der Waals surface area contributed by atoms with Gasteiger partial charge in [0, 0.05) is 32.0 Å². The molecule has 2 aliphatic rings. The maximum Gasteiger partial charge on any atom is 0.408 e. The van der Waals surface area contributed by atoms with E-state index in [1.165, 1.54) is 7.05 Å². The number of aryl methyl sites for hydroxylation is 1. The molecular formula is C23H23F6N5O6S. The van der Waals surface area contributed by atoms with Crippen molar-refractivity contribution in [2.24, 2.45) is 7.05 Å². The van der Waals surface area contributed by atoms with Crippen molar-refractivity contribution in [3.05, 3.63) is 41.5 Å². The highest BCUT2D eigenvalue weighted by Gasteiger charge is 2.49. The smallest absolute Gasteiger partial charge is 0.408 e. The summed E-state index contributed by atoms with van der Waals surface area (Å²) in [6.45, 7) is -0.410. The molecule has 41 heavy (non-hydrogen) atoms. The molecule has 2 aromatic rings. The highest BCUT2D eigenvalue weighted by atomic mass is 32.2. The molecule has 1 aromatic carbocycles. The minimum absolute atomic E-state index is 0.0794. The maximum absolute atomic E-state index is 13.6. The van der Waals surface area contributed by atoms with Crippen LogP contribution in [0, 0.1) is 5.82 Å². The lowest BCUT2D eigenvalue weighted by molar-refractivity contribution is -0.162. The highest BCUT2D eigenvalue weighted by Crippen LogP contribution is 2.37. The number of rotatable bonds is 4. The van der Waals surface area contributed by atoms with Crippen molar-refractivity contribution in [2.75, 3.05) is 25.0 Å². The number of amides is 3. The maximum atomic E-state index is 13.6. The number of hydrogen-bond donors (Lipinski definition) is 3. The van der Waals surface area contributed by atoms with Crippen molar-refractivity contribution in [3.8, 4) is 5.75 Å². The van der Waals surface area contributed by atoms with Crippen molar-refractivity contribution < 1.29 is 53.9 Å². The van der Waals surface area contributed by atoms with Crippen molar-refractivity contribution >= 4 is 33.4 Å². The number of nitrogens with zero attached hydrogens (tertiary/aromatic N) is 2. The molecule has 2 atom stereocenters. The van der Waals surface area contributed by atoms with Crippen molar-refractivity contribution in [1.29, 1.82) is 0 Å². The molecule has 0 saturated carbocycles. The molecule has 1 aromatic heterocycles. The Hall–Kier alpha value is -3.80. The topological polar surface area (TPSA) is 139 Å². The molecule has 3 heterocycles. The Kier molecular flexibility index (Phi) is 7.76. The van der Waals surface area contributed by atoms with E-state index in [9.17, 15) is 49.1 Å². The Bertz CT molecular complexity index is 1510. The van der Waals surface area contributed by atoms with Crippen LogP contribution in [0.4, 0.5) is 32.0 Å². The van der Waals surface area contributed by atoms with Crippen molar-refractivity contribution in [3.63, 3.8) is 0 Å². The number of aromatic nitrogens is 1. The van der Waals surface area contributed by atoms with E-state index in [-0.39, 0.29) is 24.3 Å². The number of likely N-dealkylation sites (tertiary alicyclic amines) is 1. The number of carbonyl (C=O) groups excluding carboxylic acids is 3. The van der Waals surface area contributed by atoms with Gasteiger partial charge in [-0.15, -0.1) is 0 Å². The molecule has 11 nitrogen and oxygen atoms in total. The molecule has 0 unspecified atom stereocenters. The number of carbonyl (C=O) groups is 3. The number of fused-ring (bicyclic) bond motifs is 1. The monoisotopic (exact) mass is 611 g/mol. The molecule has 2 aliphatic heterocycles. The van der Waals surface area contributed by atoms with E-state index in [4.69, 9.17) is 4.74 Å². The molecule has 0 radical (unpaired) electrons. The molecule has 4 rings (SSSR count). The third kappa shape index (κ3) is 5.97. The molecule has 1 fully saturated rings. The van der Waals surface area contributed by atoms with Crippen LogP contribution in [-0.2, 0) is 26.7 Å². The van der Waals surface area contributed by atoms with Gasteiger partial charge in [0.05, 0.1) is 11.1 Å². The molecule has 1 spiro atoms. The highest BCUT2D eigenvalue weighted by molar-refractivity contribution is 7.89. The van der Waals surface area contributed by atoms with Crippen LogP contribution in [0.3, 0.4) is 0 Å². The predicted molar refractivity (Wildman–Crippen MR) is 128 cm³/mol. The number of sulfonamides is 1. The molecule has 224 valence electrons. The van der Waals surface area contributed by atoms with Crippen LogP contribution >= 0.6 is 0 Å². The second kappa shape index (κ2) is 10.6. The number of anilines is 1. The summed E-state index contributed by atoms with van der Waals surface area (Å²) in [5.74, 6) is -5.38. The summed E-state index contributed by atoms with van der Waals surface area (Å²) in [7, 11) is -3.10. The van der Waals surface area contributed by atoms with E-state index in [2.05, 4.69) is 10.0 Å². The average molecular weight is 612 g/mol. The Balaban J connectivity index is 1.54. The summed E-state index contributed by atoms with van der Waals surface area (Å²) in [5.41, 5.74) is -2.97. The van der Waals surface area contributed by atoms with Gasteiger partial charge < -0.3 is 24.8 Å². The average Bonchev–Trinajstić information content (AvgIpc) is 3.40. The molecule has 1 saturated heterocycles. The van der Waals surface area contributed by atoms with Gasteiger partial charge in [0.2, 0.25) is 10.0 Å². The minimum Gasteiger partial charge on any atom is -0.488 e. The van der Waals surface area contributed by atoms with E-state index in [1.54, 1.807) is 5.32 Å². The van der Waals surface area contributed by atoms with Gasteiger partial charge in [0.1, 0.15) is 23.4 Å². The first-order valence-electron chi connectivity index (χ1n) is 11.9. The molecule has 18 heteroatoms. The summed E-state index contributed by atoms with van der Waals surface area (Å²) in [6.07, 6.45) is -6.97. The van der Waals surface area contributed by atoms with Gasteiger partial charge in [-0.25, -0.2) is 21.6 Å². The van der Waals surface area contributed by atoms with E-state index >= 15 is 0 Å². The second-order valence-corrected chi connectivity index (χ2v) is 11.3. The first kappa shape index (κ1) is 30.2. The number of ether oxygens (including phenoxy) is 1. The molecular weight excluding hydrogens is 588 g/mol.